The lowest BCUT2D eigenvalue weighted by Crippen LogP contribution is -1.88. The Hall–Kier alpha value is -2.07. The maximum Gasteiger partial charge on any atom is 0.190 e. The maximum absolute atomic E-state index is 7.11. The van der Waals surface area contributed by atoms with Crippen molar-refractivity contribution in [3.05, 3.63) is 76.6 Å². The van der Waals surface area contributed by atoms with E-state index in [0.29, 0.717) is 0 Å². The van der Waals surface area contributed by atoms with E-state index in [1.54, 1.807) is 0 Å². The highest BCUT2D eigenvalue weighted by Crippen LogP contribution is 2.21. The molecule has 0 aliphatic rings. The highest BCUT2D eigenvalue weighted by atomic mass is 14.6. The van der Waals surface area contributed by atoms with E-state index < -0.39 is 0 Å². The monoisotopic (exact) mass is 207 g/mol. The van der Waals surface area contributed by atoms with Crippen LogP contribution < -0.4 is 0 Å². The smallest absolute Gasteiger partial charge is 0.190 e. The maximum atomic E-state index is 7.11. The second-order valence-corrected chi connectivity index (χ2v) is 3.90. The summed E-state index contributed by atoms with van der Waals surface area (Å²) in [4.78, 5) is 3.53. The van der Waals surface area contributed by atoms with E-state index in [1.165, 1.54) is 11.1 Å². The Labute approximate surface area is 96.2 Å². The third-order valence-corrected chi connectivity index (χ3v) is 2.63. The summed E-state index contributed by atoms with van der Waals surface area (Å²) in [6, 6.07) is 16.2. The fourth-order valence-electron chi connectivity index (χ4n) is 1.70. The van der Waals surface area contributed by atoms with Crippen molar-refractivity contribution in [1.82, 2.24) is 0 Å². The third-order valence-electron chi connectivity index (χ3n) is 2.63. The zero-order valence-electron chi connectivity index (χ0n) is 9.27. The Morgan fingerprint density at radius 1 is 1.00 bits per heavy atom. The molecule has 0 aromatic heterocycles. The lowest BCUT2D eigenvalue weighted by atomic mass is 10.0. The standard InChI is InChI=1S/C15H13N/c1-12-7-9-13(10-8-12)11-14-5-3-4-6-15(14)16-2/h3-10H,11H2,1H3. The van der Waals surface area contributed by atoms with E-state index in [0.717, 1.165) is 17.7 Å². The molecule has 1 heteroatoms. The molecule has 16 heavy (non-hydrogen) atoms. The molecule has 0 atom stereocenters. The molecule has 0 bridgehead atoms. The quantitative estimate of drug-likeness (QED) is 0.652. The summed E-state index contributed by atoms with van der Waals surface area (Å²) < 4.78 is 0. The van der Waals surface area contributed by atoms with E-state index in [4.69, 9.17) is 6.57 Å². The molecule has 0 heterocycles. The van der Waals surface area contributed by atoms with Crippen molar-refractivity contribution in [1.29, 1.82) is 0 Å². The van der Waals surface area contributed by atoms with Crippen LogP contribution in [0.1, 0.15) is 16.7 Å². The second-order valence-electron chi connectivity index (χ2n) is 3.90. The van der Waals surface area contributed by atoms with Gasteiger partial charge in [-0.3, -0.25) is 0 Å². The first-order valence-corrected chi connectivity index (χ1v) is 5.30. The van der Waals surface area contributed by atoms with Crippen LogP contribution in [0.2, 0.25) is 0 Å². The number of benzene rings is 2. The number of para-hydroxylation sites is 1. The molecule has 0 aliphatic carbocycles. The zero-order chi connectivity index (χ0) is 11.4. The summed E-state index contributed by atoms with van der Waals surface area (Å²) in [7, 11) is 0. The van der Waals surface area contributed by atoms with Crippen LogP contribution in [0.3, 0.4) is 0 Å². The molecule has 0 saturated carbocycles. The summed E-state index contributed by atoms with van der Waals surface area (Å²) in [5.41, 5.74) is 4.37. The predicted molar refractivity (Wildman–Crippen MR) is 66.7 cm³/mol. The summed E-state index contributed by atoms with van der Waals surface area (Å²) in [6.07, 6.45) is 0.832. The van der Waals surface area contributed by atoms with Gasteiger partial charge in [-0.2, -0.15) is 0 Å². The molecule has 2 aromatic rings. The van der Waals surface area contributed by atoms with Gasteiger partial charge in [-0.15, -0.1) is 0 Å². The van der Waals surface area contributed by atoms with Crippen molar-refractivity contribution in [2.75, 3.05) is 0 Å². The van der Waals surface area contributed by atoms with E-state index in [1.807, 2.05) is 24.3 Å². The van der Waals surface area contributed by atoms with Crippen molar-refractivity contribution in [3.8, 4) is 0 Å². The van der Waals surface area contributed by atoms with Crippen LogP contribution in [0.5, 0.6) is 0 Å². The van der Waals surface area contributed by atoms with Gasteiger partial charge in [0.15, 0.2) is 5.69 Å². The molecule has 2 aromatic carbocycles. The Balaban J connectivity index is 2.27. The van der Waals surface area contributed by atoms with Crippen LogP contribution in [-0.4, -0.2) is 0 Å². The minimum Gasteiger partial charge on any atom is -0.238 e. The average Bonchev–Trinajstić information content (AvgIpc) is 2.33. The van der Waals surface area contributed by atoms with Crippen molar-refractivity contribution < 1.29 is 0 Å². The normalized spacial score (nSPS) is 9.75. The lowest BCUT2D eigenvalue weighted by Gasteiger charge is -2.04. The van der Waals surface area contributed by atoms with Gasteiger partial charge in [0.25, 0.3) is 0 Å². The molecule has 0 spiro atoms. The first-order valence-electron chi connectivity index (χ1n) is 5.30. The van der Waals surface area contributed by atoms with Crippen LogP contribution in [0, 0.1) is 13.5 Å². The molecule has 0 radical (unpaired) electrons. The van der Waals surface area contributed by atoms with Crippen molar-refractivity contribution >= 4 is 5.69 Å². The Bertz CT molecular complexity index is 518. The number of aryl methyl sites for hydroxylation is 1. The fourth-order valence-corrected chi connectivity index (χ4v) is 1.70. The minimum absolute atomic E-state index is 0.753. The molecular weight excluding hydrogens is 194 g/mol. The molecule has 0 fully saturated rings. The predicted octanol–water partition coefficient (Wildman–Crippen LogP) is 4.14. The number of nitrogens with zero attached hydrogens (tertiary/aromatic N) is 1. The SMILES string of the molecule is [C-]#[N+]c1ccccc1Cc1ccc(C)cc1. The molecule has 0 N–H and O–H groups in total. The fraction of sp³-hybridized carbons (Fsp3) is 0.133. The van der Waals surface area contributed by atoms with Gasteiger partial charge in [0.2, 0.25) is 0 Å². The van der Waals surface area contributed by atoms with Gasteiger partial charge < -0.3 is 0 Å². The minimum atomic E-state index is 0.753. The molecule has 0 amide bonds. The summed E-state index contributed by atoms with van der Waals surface area (Å²) >= 11 is 0. The van der Waals surface area contributed by atoms with Crippen molar-refractivity contribution in [3.63, 3.8) is 0 Å². The molecule has 2 rings (SSSR count). The molecule has 78 valence electrons. The van der Waals surface area contributed by atoms with Gasteiger partial charge in [0.05, 0.1) is 6.57 Å². The second kappa shape index (κ2) is 4.63. The van der Waals surface area contributed by atoms with Gasteiger partial charge >= 0.3 is 0 Å². The largest absolute Gasteiger partial charge is 0.238 e. The molecule has 0 aliphatic heterocycles. The number of rotatable bonds is 2. The Morgan fingerprint density at radius 2 is 1.69 bits per heavy atom. The highest BCUT2D eigenvalue weighted by Gasteiger charge is 2.01. The van der Waals surface area contributed by atoms with Crippen molar-refractivity contribution in [2.24, 2.45) is 0 Å². The van der Waals surface area contributed by atoms with Gasteiger partial charge in [-0.1, -0.05) is 54.1 Å². The number of hydrogen-bond donors (Lipinski definition) is 0. The van der Waals surface area contributed by atoms with Crippen LogP contribution >= 0.6 is 0 Å². The first kappa shape index (κ1) is 10.4. The summed E-state index contributed by atoms with van der Waals surface area (Å²) in [5, 5.41) is 0. The van der Waals surface area contributed by atoms with E-state index >= 15 is 0 Å². The molecule has 0 unspecified atom stereocenters. The number of hydrogen-bond acceptors (Lipinski definition) is 0. The van der Waals surface area contributed by atoms with E-state index in [2.05, 4.69) is 36.0 Å². The average molecular weight is 207 g/mol. The molecular formula is C15H13N. The van der Waals surface area contributed by atoms with E-state index in [-0.39, 0.29) is 0 Å². The topological polar surface area (TPSA) is 4.36 Å². The lowest BCUT2D eigenvalue weighted by molar-refractivity contribution is 1.19. The molecule has 1 nitrogen and oxygen atoms in total. The highest BCUT2D eigenvalue weighted by molar-refractivity contribution is 5.53. The first-order chi connectivity index (χ1) is 7.79. The van der Waals surface area contributed by atoms with E-state index in [9.17, 15) is 0 Å². The van der Waals surface area contributed by atoms with Crippen LogP contribution in [0.15, 0.2) is 48.5 Å². The van der Waals surface area contributed by atoms with Crippen LogP contribution in [-0.2, 0) is 6.42 Å². The third kappa shape index (κ3) is 2.29. The summed E-state index contributed by atoms with van der Waals surface area (Å²) in [6.45, 7) is 9.19. The van der Waals surface area contributed by atoms with Gasteiger partial charge in [-0.25, -0.2) is 4.85 Å². The molecule has 0 saturated heterocycles. The summed E-state index contributed by atoms with van der Waals surface area (Å²) in [5.74, 6) is 0. The van der Waals surface area contributed by atoms with Gasteiger partial charge in [0.1, 0.15) is 0 Å². The van der Waals surface area contributed by atoms with Gasteiger partial charge in [-0.05, 0) is 24.5 Å². The van der Waals surface area contributed by atoms with Gasteiger partial charge in [0, 0.05) is 0 Å². The van der Waals surface area contributed by atoms with Crippen LogP contribution in [0.25, 0.3) is 4.85 Å². The Morgan fingerprint density at radius 3 is 2.38 bits per heavy atom. The van der Waals surface area contributed by atoms with Crippen LogP contribution in [0.4, 0.5) is 5.69 Å². The van der Waals surface area contributed by atoms with Crippen molar-refractivity contribution in [2.45, 2.75) is 13.3 Å². The zero-order valence-corrected chi connectivity index (χ0v) is 9.27. The Kier molecular flexibility index (Phi) is 3.03.